The highest BCUT2D eigenvalue weighted by Gasteiger charge is 2.21. The molecule has 1 aromatic carbocycles. The number of nitrogens with one attached hydrogen (secondary N) is 1. The second-order valence-corrected chi connectivity index (χ2v) is 6.69. The van der Waals surface area contributed by atoms with Crippen molar-refractivity contribution in [2.45, 2.75) is 13.0 Å². The molecule has 0 aromatic heterocycles. The van der Waals surface area contributed by atoms with Crippen LogP contribution in [-0.4, -0.2) is 48.5 Å². The van der Waals surface area contributed by atoms with E-state index < -0.39 is 0 Å². The second-order valence-electron chi connectivity index (χ2n) is 5.47. The summed E-state index contributed by atoms with van der Waals surface area (Å²) in [5.74, 6) is 2.22. The summed E-state index contributed by atoms with van der Waals surface area (Å²) in [6.45, 7) is 5.78. The highest BCUT2D eigenvalue weighted by atomic mass is 32.2. The predicted molar refractivity (Wildman–Crippen MR) is 89.3 cm³/mol. The molecule has 2 atom stereocenters. The molecule has 2 rings (SSSR count). The first kappa shape index (κ1) is 16.3. The third-order valence-electron chi connectivity index (χ3n) is 3.97. The highest BCUT2D eigenvalue weighted by molar-refractivity contribution is 7.99. The van der Waals surface area contributed by atoms with Gasteiger partial charge in [-0.3, -0.25) is 9.69 Å². The van der Waals surface area contributed by atoms with Crippen LogP contribution < -0.4 is 11.1 Å². The highest BCUT2D eigenvalue weighted by Crippen LogP contribution is 2.18. The molecule has 5 heteroatoms. The molecule has 1 fully saturated rings. The van der Waals surface area contributed by atoms with Crippen LogP contribution in [0.4, 0.5) is 0 Å². The first-order valence-corrected chi connectivity index (χ1v) is 8.72. The Labute approximate surface area is 131 Å². The lowest BCUT2D eigenvalue weighted by atomic mass is 9.95. The van der Waals surface area contributed by atoms with Crippen molar-refractivity contribution in [2.75, 3.05) is 37.7 Å². The Bertz CT molecular complexity index is 434. The van der Waals surface area contributed by atoms with Crippen molar-refractivity contribution in [3.8, 4) is 0 Å². The normalized spacial score (nSPS) is 19.0. The van der Waals surface area contributed by atoms with E-state index in [1.807, 2.05) is 49.0 Å². The summed E-state index contributed by atoms with van der Waals surface area (Å²) in [6.07, 6.45) is 0. The number of carbonyl (C=O) groups is 1. The number of nitrogens with two attached hydrogens (primary N) is 1. The molecule has 1 saturated heterocycles. The molecule has 1 aliphatic rings. The van der Waals surface area contributed by atoms with Crippen LogP contribution in [0.25, 0.3) is 0 Å². The second kappa shape index (κ2) is 8.41. The summed E-state index contributed by atoms with van der Waals surface area (Å²) in [7, 11) is 0. The first-order chi connectivity index (χ1) is 10.2. The number of benzene rings is 1. The van der Waals surface area contributed by atoms with Crippen LogP contribution >= 0.6 is 11.8 Å². The van der Waals surface area contributed by atoms with Gasteiger partial charge >= 0.3 is 0 Å². The van der Waals surface area contributed by atoms with Gasteiger partial charge in [-0.25, -0.2) is 0 Å². The molecule has 2 unspecified atom stereocenters. The van der Waals surface area contributed by atoms with Crippen LogP contribution in [0.15, 0.2) is 30.3 Å². The number of rotatable bonds is 6. The van der Waals surface area contributed by atoms with E-state index in [9.17, 15) is 4.79 Å². The molecule has 4 nitrogen and oxygen atoms in total. The fourth-order valence-corrected chi connectivity index (χ4v) is 3.43. The fraction of sp³-hybridized carbons (Fsp3) is 0.562. The van der Waals surface area contributed by atoms with E-state index in [0.29, 0.717) is 6.54 Å². The lowest BCUT2D eigenvalue weighted by Crippen LogP contribution is -2.42. The molecule has 0 radical (unpaired) electrons. The zero-order valence-corrected chi connectivity index (χ0v) is 13.4. The van der Waals surface area contributed by atoms with Crippen LogP contribution in [0.5, 0.6) is 0 Å². The van der Waals surface area contributed by atoms with Crippen molar-refractivity contribution < 1.29 is 4.79 Å². The Morgan fingerprint density at radius 2 is 2.00 bits per heavy atom. The summed E-state index contributed by atoms with van der Waals surface area (Å²) in [6, 6.07) is 9.55. The molecule has 1 heterocycles. The number of hydrogen-bond acceptors (Lipinski definition) is 4. The van der Waals surface area contributed by atoms with Crippen molar-refractivity contribution in [1.29, 1.82) is 0 Å². The van der Waals surface area contributed by atoms with Gasteiger partial charge in [0.05, 0.1) is 5.92 Å². The van der Waals surface area contributed by atoms with Gasteiger partial charge in [0.1, 0.15) is 0 Å². The van der Waals surface area contributed by atoms with Crippen LogP contribution in [0.2, 0.25) is 0 Å². The van der Waals surface area contributed by atoms with Crippen LogP contribution in [0, 0.1) is 5.92 Å². The molecule has 1 aromatic rings. The zero-order chi connectivity index (χ0) is 15.1. The first-order valence-electron chi connectivity index (χ1n) is 7.57. The Hall–Kier alpha value is -1.04. The molecular formula is C16H25N3OS. The average molecular weight is 307 g/mol. The number of amides is 1. The van der Waals surface area contributed by atoms with E-state index in [1.165, 1.54) is 11.5 Å². The summed E-state index contributed by atoms with van der Waals surface area (Å²) < 4.78 is 0. The minimum Gasteiger partial charge on any atom is -0.355 e. The molecular weight excluding hydrogens is 282 g/mol. The van der Waals surface area contributed by atoms with E-state index in [0.717, 1.165) is 25.2 Å². The number of nitrogens with zero attached hydrogens (tertiary/aromatic N) is 1. The predicted octanol–water partition coefficient (Wildman–Crippen LogP) is 1.49. The van der Waals surface area contributed by atoms with Gasteiger partial charge in [-0.2, -0.15) is 11.8 Å². The molecule has 1 amide bonds. The van der Waals surface area contributed by atoms with E-state index in [1.54, 1.807) is 0 Å². The van der Waals surface area contributed by atoms with Gasteiger partial charge in [-0.05, 0) is 5.56 Å². The zero-order valence-electron chi connectivity index (χ0n) is 12.6. The Morgan fingerprint density at radius 1 is 1.33 bits per heavy atom. The minimum absolute atomic E-state index is 0.0396. The van der Waals surface area contributed by atoms with E-state index in [4.69, 9.17) is 5.73 Å². The molecule has 0 saturated carbocycles. The third kappa shape index (κ3) is 5.02. The Morgan fingerprint density at radius 3 is 2.67 bits per heavy atom. The van der Waals surface area contributed by atoms with Crippen LogP contribution in [0.1, 0.15) is 18.5 Å². The molecule has 0 bridgehead atoms. The lowest BCUT2D eigenvalue weighted by Gasteiger charge is -2.26. The Kier molecular flexibility index (Phi) is 6.54. The van der Waals surface area contributed by atoms with Crippen molar-refractivity contribution in [3.05, 3.63) is 35.9 Å². The van der Waals surface area contributed by atoms with Crippen LogP contribution in [0.3, 0.4) is 0 Å². The summed E-state index contributed by atoms with van der Waals surface area (Å²) in [5, 5.41) is 3.01. The number of carbonyl (C=O) groups excluding carboxylic acids is 1. The van der Waals surface area contributed by atoms with E-state index >= 15 is 0 Å². The van der Waals surface area contributed by atoms with Crippen LogP contribution in [-0.2, 0) is 4.79 Å². The summed E-state index contributed by atoms with van der Waals surface area (Å²) in [4.78, 5) is 14.6. The number of thioether (sulfide) groups is 1. The SMILES string of the molecule is CC(C(=O)NCCN1CCSCC1)C(N)c1ccccc1. The van der Waals surface area contributed by atoms with Gasteiger partial charge in [-0.1, -0.05) is 37.3 Å². The smallest absolute Gasteiger partial charge is 0.224 e. The van der Waals surface area contributed by atoms with Gasteiger partial charge in [0.15, 0.2) is 0 Å². The molecule has 116 valence electrons. The monoisotopic (exact) mass is 307 g/mol. The van der Waals surface area contributed by atoms with Crippen molar-refractivity contribution >= 4 is 17.7 Å². The van der Waals surface area contributed by atoms with Crippen molar-refractivity contribution in [2.24, 2.45) is 11.7 Å². The van der Waals surface area contributed by atoms with Gasteiger partial charge in [0.2, 0.25) is 5.91 Å². The third-order valence-corrected chi connectivity index (χ3v) is 4.91. The molecule has 3 N–H and O–H groups in total. The maximum atomic E-state index is 12.2. The largest absolute Gasteiger partial charge is 0.355 e. The van der Waals surface area contributed by atoms with Gasteiger partial charge in [0, 0.05) is 43.7 Å². The van der Waals surface area contributed by atoms with Gasteiger partial charge in [-0.15, -0.1) is 0 Å². The quantitative estimate of drug-likeness (QED) is 0.836. The van der Waals surface area contributed by atoms with E-state index in [-0.39, 0.29) is 17.9 Å². The average Bonchev–Trinajstić information content (AvgIpc) is 2.55. The maximum Gasteiger partial charge on any atom is 0.224 e. The maximum absolute atomic E-state index is 12.2. The molecule has 0 spiro atoms. The van der Waals surface area contributed by atoms with E-state index in [2.05, 4.69) is 10.2 Å². The van der Waals surface area contributed by atoms with Crippen molar-refractivity contribution in [1.82, 2.24) is 10.2 Å². The number of hydrogen-bond donors (Lipinski definition) is 2. The summed E-state index contributed by atoms with van der Waals surface area (Å²) >= 11 is 2.00. The molecule has 0 aliphatic carbocycles. The topological polar surface area (TPSA) is 58.4 Å². The Balaban J connectivity index is 1.74. The lowest BCUT2D eigenvalue weighted by molar-refractivity contribution is -0.125. The summed E-state index contributed by atoms with van der Waals surface area (Å²) in [5.41, 5.74) is 7.19. The molecule has 1 aliphatic heterocycles. The molecule has 21 heavy (non-hydrogen) atoms. The van der Waals surface area contributed by atoms with Crippen molar-refractivity contribution in [3.63, 3.8) is 0 Å². The fourth-order valence-electron chi connectivity index (χ4n) is 2.45. The minimum atomic E-state index is -0.252. The standard InChI is InChI=1S/C16H25N3OS/c1-13(15(17)14-5-3-2-4-6-14)16(20)18-7-8-19-9-11-21-12-10-19/h2-6,13,15H,7-12,17H2,1H3,(H,18,20). The van der Waals surface area contributed by atoms with Gasteiger partial charge in [0.25, 0.3) is 0 Å². The van der Waals surface area contributed by atoms with Gasteiger partial charge < -0.3 is 11.1 Å².